The molecular weight excluding hydrogens is 258 g/mol. The molecule has 2 rings (SSSR count). The maximum atomic E-state index is 13.5. The minimum Gasteiger partial charge on any atom is -0.326 e. The zero-order chi connectivity index (χ0) is 14.7. The van der Waals surface area contributed by atoms with Crippen molar-refractivity contribution in [1.82, 2.24) is 4.90 Å². The summed E-state index contributed by atoms with van der Waals surface area (Å²) >= 11 is 0. The smallest absolute Gasteiger partial charge is 0.159 e. The molecule has 1 fully saturated rings. The van der Waals surface area contributed by atoms with Gasteiger partial charge in [-0.1, -0.05) is 26.3 Å². The molecule has 0 radical (unpaired) electrons. The molecule has 20 heavy (non-hydrogen) atoms. The van der Waals surface area contributed by atoms with Gasteiger partial charge in [0.15, 0.2) is 11.6 Å². The van der Waals surface area contributed by atoms with Gasteiger partial charge >= 0.3 is 0 Å². The van der Waals surface area contributed by atoms with E-state index in [2.05, 4.69) is 18.7 Å². The molecule has 0 spiro atoms. The number of nitrogens with zero attached hydrogens (tertiary/aromatic N) is 1. The number of hydrogen-bond acceptors (Lipinski definition) is 2. The Hall–Kier alpha value is -1.00. The fourth-order valence-electron chi connectivity index (χ4n) is 3.09. The second kappa shape index (κ2) is 6.64. The van der Waals surface area contributed by atoms with E-state index in [4.69, 9.17) is 5.73 Å². The van der Waals surface area contributed by atoms with Crippen LogP contribution in [0.5, 0.6) is 0 Å². The summed E-state index contributed by atoms with van der Waals surface area (Å²) in [4.78, 5) is 2.33. The molecule has 2 N–H and O–H groups in total. The van der Waals surface area contributed by atoms with Crippen molar-refractivity contribution in [3.05, 3.63) is 35.4 Å². The van der Waals surface area contributed by atoms with Gasteiger partial charge in [-0.15, -0.1) is 0 Å². The fraction of sp³-hybridized carbons (Fsp3) is 0.625. The molecule has 0 bridgehead atoms. The van der Waals surface area contributed by atoms with Crippen LogP contribution in [0.3, 0.4) is 0 Å². The third-order valence-corrected chi connectivity index (χ3v) is 3.92. The molecule has 2 unspecified atom stereocenters. The third-order valence-electron chi connectivity index (χ3n) is 3.92. The molecule has 1 aromatic carbocycles. The van der Waals surface area contributed by atoms with Crippen LogP contribution < -0.4 is 5.73 Å². The summed E-state index contributed by atoms with van der Waals surface area (Å²) in [5.41, 5.74) is 7.10. The standard InChI is InChI=1S/C16H24F2N2/c1-11(2)10-20-8-4-3-5-15(19)16(20)12-6-7-13(17)14(18)9-12/h6-7,9,11,15-16H,3-5,8,10,19H2,1-2H3. The van der Waals surface area contributed by atoms with Crippen molar-refractivity contribution in [3.8, 4) is 0 Å². The molecule has 2 nitrogen and oxygen atoms in total. The van der Waals surface area contributed by atoms with E-state index in [-0.39, 0.29) is 12.1 Å². The molecule has 0 amide bonds. The third kappa shape index (κ3) is 3.55. The summed E-state index contributed by atoms with van der Waals surface area (Å²) in [5.74, 6) is -1.07. The molecule has 0 aromatic heterocycles. The lowest BCUT2D eigenvalue weighted by Gasteiger charge is -2.35. The minimum absolute atomic E-state index is 0.0185. The lowest BCUT2D eigenvalue weighted by Crippen LogP contribution is -2.41. The predicted molar refractivity (Wildman–Crippen MR) is 77.3 cm³/mol. The van der Waals surface area contributed by atoms with Gasteiger partial charge in [0.05, 0.1) is 0 Å². The maximum Gasteiger partial charge on any atom is 0.159 e. The van der Waals surface area contributed by atoms with Crippen molar-refractivity contribution in [2.45, 2.75) is 45.2 Å². The lowest BCUT2D eigenvalue weighted by atomic mass is 9.95. The predicted octanol–water partition coefficient (Wildman–Crippen LogP) is 3.48. The fourth-order valence-corrected chi connectivity index (χ4v) is 3.09. The van der Waals surface area contributed by atoms with Gasteiger partial charge in [0, 0.05) is 18.6 Å². The summed E-state index contributed by atoms with van der Waals surface area (Å²) in [5, 5.41) is 0. The largest absolute Gasteiger partial charge is 0.326 e. The summed E-state index contributed by atoms with van der Waals surface area (Å²) in [7, 11) is 0. The molecule has 0 aliphatic carbocycles. The van der Waals surface area contributed by atoms with Gasteiger partial charge in [0.25, 0.3) is 0 Å². The number of rotatable bonds is 3. The molecule has 1 aliphatic rings. The highest BCUT2D eigenvalue weighted by atomic mass is 19.2. The van der Waals surface area contributed by atoms with Crippen LogP contribution in [0.15, 0.2) is 18.2 Å². The van der Waals surface area contributed by atoms with Gasteiger partial charge in [-0.05, 0) is 43.0 Å². The molecule has 2 atom stereocenters. The number of halogens is 2. The average molecular weight is 282 g/mol. The number of nitrogens with two attached hydrogens (primary N) is 1. The summed E-state index contributed by atoms with van der Waals surface area (Å²) < 4.78 is 26.6. The number of benzene rings is 1. The normalized spacial score (nSPS) is 24.9. The lowest BCUT2D eigenvalue weighted by molar-refractivity contribution is 0.165. The van der Waals surface area contributed by atoms with Gasteiger partial charge < -0.3 is 5.73 Å². The molecule has 1 heterocycles. The van der Waals surface area contributed by atoms with Gasteiger partial charge in [0.2, 0.25) is 0 Å². The Balaban J connectivity index is 2.31. The van der Waals surface area contributed by atoms with E-state index < -0.39 is 11.6 Å². The molecule has 1 aromatic rings. The van der Waals surface area contributed by atoms with Crippen molar-refractivity contribution in [2.75, 3.05) is 13.1 Å². The van der Waals surface area contributed by atoms with Gasteiger partial charge in [-0.2, -0.15) is 0 Å². The zero-order valence-corrected chi connectivity index (χ0v) is 12.3. The molecule has 4 heteroatoms. The highest BCUT2D eigenvalue weighted by Gasteiger charge is 2.29. The first-order chi connectivity index (χ1) is 9.49. The summed E-state index contributed by atoms with van der Waals surface area (Å²) in [6, 6.07) is 4.13. The van der Waals surface area contributed by atoms with Crippen LogP contribution >= 0.6 is 0 Å². The van der Waals surface area contributed by atoms with Crippen LogP contribution in [0.4, 0.5) is 8.78 Å². The number of hydrogen-bond donors (Lipinski definition) is 1. The second-order valence-corrected chi connectivity index (χ2v) is 6.17. The van der Waals surface area contributed by atoms with E-state index in [0.29, 0.717) is 5.92 Å². The van der Waals surface area contributed by atoms with E-state index in [1.807, 2.05) is 0 Å². The van der Waals surface area contributed by atoms with Gasteiger partial charge in [-0.3, -0.25) is 4.90 Å². The van der Waals surface area contributed by atoms with Crippen molar-refractivity contribution in [3.63, 3.8) is 0 Å². The van der Waals surface area contributed by atoms with E-state index >= 15 is 0 Å². The summed E-state index contributed by atoms with van der Waals surface area (Å²) in [6.07, 6.45) is 3.13. The molecular formula is C16H24F2N2. The Morgan fingerprint density at radius 3 is 2.65 bits per heavy atom. The quantitative estimate of drug-likeness (QED) is 0.919. The highest BCUT2D eigenvalue weighted by molar-refractivity contribution is 5.23. The van der Waals surface area contributed by atoms with Crippen molar-refractivity contribution in [2.24, 2.45) is 11.7 Å². The Morgan fingerprint density at radius 2 is 2.00 bits per heavy atom. The highest BCUT2D eigenvalue weighted by Crippen LogP contribution is 2.30. The van der Waals surface area contributed by atoms with Crippen LogP contribution in [-0.4, -0.2) is 24.0 Å². The van der Waals surface area contributed by atoms with Crippen molar-refractivity contribution in [1.29, 1.82) is 0 Å². The molecule has 1 saturated heterocycles. The number of likely N-dealkylation sites (tertiary alicyclic amines) is 1. The Morgan fingerprint density at radius 1 is 1.25 bits per heavy atom. The van der Waals surface area contributed by atoms with E-state index in [1.54, 1.807) is 6.07 Å². The van der Waals surface area contributed by atoms with Crippen molar-refractivity contribution < 1.29 is 8.78 Å². The van der Waals surface area contributed by atoms with Crippen molar-refractivity contribution >= 4 is 0 Å². The van der Waals surface area contributed by atoms with E-state index in [9.17, 15) is 8.78 Å². The van der Waals surface area contributed by atoms with Gasteiger partial charge in [-0.25, -0.2) is 8.78 Å². The first kappa shape index (κ1) is 15.4. The first-order valence-electron chi connectivity index (χ1n) is 7.43. The molecule has 112 valence electrons. The average Bonchev–Trinajstić information content (AvgIpc) is 2.54. The summed E-state index contributed by atoms with van der Waals surface area (Å²) in [6.45, 7) is 6.23. The van der Waals surface area contributed by atoms with Crippen LogP contribution in [0.1, 0.15) is 44.7 Å². The molecule has 0 saturated carbocycles. The van der Waals surface area contributed by atoms with Gasteiger partial charge in [0.1, 0.15) is 0 Å². The molecule has 1 aliphatic heterocycles. The SMILES string of the molecule is CC(C)CN1CCCCC(N)C1c1ccc(F)c(F)c1. The van der Waals surface area contributed by atoms with E-state index in [0.717, 1.165) is 37.9 Å². The van der Waals surface area contributed by atoms with Crippen LogP contribution in [0, 0.1) is 17.6 Å². The van der Waals surface area contributed by atoms with Crippen LogP contribution in [0.25, 0.3) is 0 Å². The first-order valence-corrected chi connectivity index (χ1v) is 7.43. The second-order valence-electron chi connectivity index (χ2n) is 6.17. The Bertz CT molecular complexity index is 448. The van der Waals surface area contributed by atoms with Crippen LogP contribution in [-0.2, 0) is 0 Å². The van der Waals surface area contributed by atoms with E-state index in [1.165, 1.54) is 12.1 Å². The zero-order valence-electron chi connectivity index (χ0n) is 12.3. The minimum atomic E-state index is -0.800. The Kier molecular flexibility index (Phi) is 5.11. The maximum absolute atomic E-state index is 13.5. The monoisotopic (exact) mass is 282 g/mol. The topological polar surface area (TPSA) is 29.3 Å². The van der Waals surface area contributed by atoms with Crippen LogP contribution in [0.2, 0.25) is 0 Å². The Labute approximate surface area is 120 Å².